The van der Waals surface area contributed by atoms with Crippen LogP contribution in [0.1, 0.15) is 226 Å². The molecule has 0 rings (SSSR count). The lowest BCUT2D eigenvalue weighted by atomic mass is 10.0. The Morgan fingerprint density at radius 1 is 0.468 bits per heavy atom. The van der Waals surface area contributed by atoms with Crippen LogP contribution in [0.15, 0.2) is 36.6 Å². The molecule has 0 N–H and O–H groups in total. The van der Waals surface area contributed by atoms with Crippen molar-refractivity contribution >= 4 is 0 Å². The fraction of sp³-hybridized carbons (Fsp3) is 0.867. The first-order chi connectivity index (χ1) is 23.1. The average molecular weight is 658 g/mol. The first-order valence-corrected chi connectivity index (χ1v) is 21.4. The van der Waals surface area contributed by atoms with Crippen molar-refractivity contribution in [1.29, 1.82) is 0 Å². The van der Waals surface area contributed by atoms with E-state index in [1.165, 1.54) is 199 Å². The van der Waals surface area contributed by atoms with Gasteiger partial charge < -0.3 is 9.64 Å². The maximum atomic E-state index is 6.46. The van der Waals surface area contributed by atoms with Crippen molar-refractivity contribution in [2.45, 2.75) is 232 Å². The van der Waals surface area contributed by atoms with Gasteiger partial charge in [0, 0.05) is 6.42 Å². The first-order valence-electron chi connectivity index (χ1n) is 21.4. The van der Waals surface area contributed by atoms with Gasteiger partial charge in [-0.2, -0.15) is 0 Å². The van der Waals surface area contributed by atoms with Crippen LogP contribution >= 0.6 is 0 Å². The molecule has 0 amide bonds. The molecule has 0 saturated carbocycles. The standard InChI is InChI=1S/C45H87NO/c1-6-8-10-12-14-16-18-20-22-24-26-28-30-32-34-36-38-42-45(47-44(3)40-39-43-46(4)5)41-37-35-33-31-29-27-25-23-21-19-17-15-13-11-9-7-2/h21-24,45H,3,6-20,25-43H2,1-2,4-5H3/b23-21-,24-22-. The normalized spacial score (nSPS) is 12.6. The smallest absolute Gasteiger partial charge is 0.0982 e. The Hall–Kier alpha value is -1.02. The van der Waals surface area contributed by atoms with Gasteiger partial charge in [0.1, 0.15) is 0 Å². The lowest BCUT2D eigenvalue weighted by Gasteiger charge is -2.21. The fourth-order valence-corrected chi connectivity index (χ4v) is 6.57. The Kier molecular flexibility index (Phi) is 38.6. The van der Waals surface area contributed by atoms with Gasteiger partial charge in [-0.15, -0.1) is 0 Å². The van der Waals surface area contributed by atoms with Crippen molar-refractivity contribution in [2.75, 3.05) is 20.6 Å². The summed E-state index contributed by atoms with van der Waals surface area (Å²) in [6.07, 6.45) is 54.5. The number of hydrogen-bond acceptors (Lipinski definition) is 2. The Morgan fingerprint density at radius 3 is 1.13 bits per heavy atom. The molecular formula is C45H87NO. The summed E-state index contributed by atoms with van der Waals surface area (Å²) in [7, 11) is 4.30. The highest BCUT2D eigenvalue weighted by Crippen LogP contribution is 2.21. The maximum Gasteiger partial charge on any atom is 0.0982 e. The molecule has 0 aliphatic heterocycles. The van der Waals surface area contributed by atoms with Crippen molar-refractivity contribution < 1.29 is 4.74 Å². The predicted octanol–water partition coefficient (Wildman–Crippen LogP) is 15.5. The SMILES string of the molecule is C=C(CCCN(C)C)OC(CCCCCCCC/C=C\CCCCCCCC)CCCCCCCC/C=C\CCCCCCCCC. The quantitative estimate of drug-likeness (QED) is 0.0370. The van der Waals surface area contributed by atoms with Gasteiger partial charge in [-0.1, -0.05) is 167 Å². The molecule has 0 bridgehead atoms. The van der Waals surface area contributed by atoms with Crippen molar-refractivity contribution in [3.63, 3.8) is 0 Å². The Morgan fingerprint density at radius 2 is 0.787 bits per heavy atom. The van der Waals surface area contributed by atoms with Crippen LogP contribution in [0.25, 0.3) is 0 Å². The van der Waals surface area contributed by atoms with Crippen LogP contribution in [-0.4, -0.2) is 31.6 Å². The van der Waals surface area contributed by atoms with Gasteiger partial charge in [0.2, 0.25) is 0 Å². The van der Waals surface area contributed by atoms with Crippen molar-refractivity contribution in [3.05, 3.63) is 36.6 Å². The van der Waals surface area contributed by atoms with Crippen LogP contribution in [0.5, 0.6) is 0 Å². The van der Waals surface area contributed by atoms with E-state index in [-0.39, 0.29) is 0 Å². The van der Waals surface area contributed by atoms with Gasteiger partial charge in [0.25, 0.3) is 0 Å². The molecule has 0 saturated heterocycles. The topological polar surface area (TPSA) is 12.5 Å². The van der Waals surface area contributed by atoms with Gasteiger partial charge >= 0.3 is 0 Å². The van der Waals surface area contributed by atoms with Crippen LogP contribution in [0.4, 0.5) is 0 Å². The molecule has 0 aromatic rings. The number of nitrogens with zero attached hydrogens (tertiary/aromatic N) is 1. The first kappa shape index (κ1) is 46.0. The third-order valence-electron chi connectivity index (χ3n) is 9.72. The predicted molar refractivity (Wildman–Crippen MR) is 215 cm³/mol. The zero-order valence-electron chi connectivity index (χ0n) is 33.0. The minimum atomic E-state index is 0.375. The molecule has 2 heteroatoms. The van der Waals surface area contributed by atoms with Crippen molar-refractivity contribution in [1.82, 2.24) is 4.90 Å². The van der Waals surface area contributed by atoms with Crippen LogP contribution in [0.2, 0.25) is 0 Å². The number of allylic oxidation sites excluding steroid dienone is 5. The molecule has 278 valence electrons. The summed E-state index contributed by atoms with van der Waals surface area (Å²) in [6.45, 7) is 9.99. The highest BCUT2D eigenvalue weighted by atomic mass is 16.5. The fourth-order valence-electron chi connectivity index (χ4n) is 6.57. The number of hydrogen-bond donors (Lipinski definition) is 0. The average Bonchev–Trinajstić information content (AvgIpc) is 3.05. The van der Waals surface area contributed by atoms with Gasteiger partial charge in [-0.3, -0.25) is 0 Å². The summed E-state index contributed by atoms with van der Waals surface area (Å²) in [5, 5.41) is 0. The minimum absolute atomic E-state index is 0.375. The van der Waals surface area contributed by atoms with E-state index in [0.717, 1.165) is 25.1 Å². The lowest BCUT2D eigenvalue weighted by Crippen LogP contribution is -2.15. The van der Waals surface area contributed by atoms with E-state index in [4.69, 9.17) is 4.74 Å². The zero-order chi connectivity index (χ0) is 34.3. The van der Waals surface area contributed by atoms with Gasteiger partial charge in [-0.05, 0) is 104 Å². The molecule has 1 atom stereocenters. The summed E-state index contributed by atoms with van der Waals surface area (Å²) in [4.78, 5) is 2.26. The largest absolute Gasteiger partial charge is 0.495 e. The molecule has 0 spiro atoms. The molecule has 0 radical (unpaired) electrons. The molecular weight excluding hydrogens is 571 g/mol. The molecule has 1 unspecified atom stereocenters. The summed E-state index contributed by atoms with van der Waals surface area (Å²) >= 11 is 0. The molecule has 0 aliphatic carbocycles. The Balaban J connectivity index is 3.94. The highest BCUT2D eigenvalue weighted by molar-refractivity contribution is 4.85. The van der Waals surface area contributed by atoms with E-state index >= 15 is 0 Å². The zero-order valence-corrected chi connectivity index (χ0v) is 33.0. The number of ether oxygens (including phenoxy) is 1. The number of unbranched alkanes of at least 4 members (excludes halogenated alkanes) is 25. The lowest BCUT2D eigenvalue weighted by molar-refractivity contribution is 0.0891. The van der Waals surface area contributed by atoms with Crippen LogP contribution in [0.3, 0.4) is 0 Å². The van der Waals surface area contributed by atoms with Crippen molar-refractivity contribution in [3.8, 4) is 0 Å². The van der Waals surface area contributed by atoms with E-state index in [2.05, 4.69) is 63.7 Å². The van der Waals surface area contributed by atoms with Crippen molar-refractivity contribution in [2.24, 2.45) is 0 Å². The van der Waals surface area contributed by atoms with Gasteiger partial charge in [0.05, 0.1) is 11.9 Å². The van der Waals surface area contributed by atoms with E-state index in [9.17, 15) is 0 Å². The molecule has 0 aromatic heterocycles. The second-order valence-electron chi connectivity index (χ2n) is 15.0. The summed E-state index contributed by atoms with van der Waals surface area (Å²) < 4.78 is 6.46. The number of rotatable bonds is 39. The van der Waals surface area contributed by atoms with E-state index in [1.807, 2.05) is 0 Å². The molecule has 0 aliphatic rings. The molecule has 47 heavy (non-hydrogen) atoms. The second-order valence-corrected chi connectivity index (χ2v) is 15.0. The minimum Gasteiger partial charge on any atom is -0.495 e. The maximum absolute atomic E-state index is 6.46. The van der Waals surface area contributed by atoms with E-state index in [1.54, 1.807) is 0 Å². The van der Waals surface area contributed by atoms with E-state index in [0.29, 0.717) is 6.10 Å². The second kappa shape index (κ2) is 39.4. The Labute approximate surface area is 298 Å². The molecule has 0 fully saturated rings. The van der Waals surface area contributed by atoms with Gasteiger partial charge in [0.15, 0.2) is 0 Å². The summed E-state index contributed by atoms with van der Waals surface area (Å²) in [5.41, 5.74) is 0. The monoisotopic (exact) mass is 658 g/mol. The highest BCUT2D eigenvalue weighted by Gasteiger charge is 2.11. The molecule has 2 nitrogen and oxygen atoms in total. The third-order valence-corrected chi connectivity index (χ3v) is 9.72. The van der Waals surface area contributed by atoms with Crippen LogP contribution in [0, 0.1) is 0 Å². The molecule has 0 aromatic carbocycles. The van der Waals surface area contributed by atoms with Crippen LogP contribution in [-0.2, 0) is 4.74 Å². The Bertz CT molecular complexity index is 665. The molecule has 0 heterocycles. The van der Waals surface area contributed by atoms with E-state index < -0.39 is 0 Å². The third kappa shape index (κ3) is 39.3. The van der Waals surface area contributed by atoms with Crippen LogP contribution < -0.4 is 0 Å². The summed E-state index contributed by atoms with van der Waals surface area (Å²) in [6, 6.07) is 0. The summed E-state index contributed by atoms with van der Waals surface area (Å²) in [5.74, 6) is 1.02. The van der Waals surface area contributed by atoms with Gasteiger partial charge in [-0.25, -0.2) is 0 Å².